The summed E-state index contributed by atoms with van der Waals surface area (Å²) in [5.74, 6) is -0.493. The number of rotatable bonds is 6. The van der Waals surface area contributed by atoms with E-state index < -0.39 is 12.0 Å². The lowest BCUT2D eigenvalue weighted by atomic mass is 10.1. The number of nitrogens with two attached hydrogens (primary N) is 1. The number of nitrogens with one attached hydrogen (secondary N) is 1. The minimum Gasteiger partial charge on any atom is -0.508 e. The average molecular weight is 238 g/mol. The molecule has 17 heavy (non-hydrogen) atoms. The molecule has 0 aliphatic carbocycles. The molecule has 0 saturated carbocycles. The number of hydrogen-bond acceptors (Lipinski definition) is 4. The fraction of sp³-hybridized carbons (Fsp3) is 0.417. The number of aromatic hydroxyl groups is 1. The van der Waals surface area contributed by atoms with Crippen molar-refractivity contribution in [2.45, 2.75) is 25.5 Å². The number of hydrogen-bond donors (Lipinski definition) is 4. The Morgan fingerprint density at radius 3 is 2.53 bits per heavy atom. The van der Waals surface area contributed by atoms with Gasteiger partial charge in [0.1, 0.15) is 11.9 Å². The Morgan fingerprint density at radius 2 is 2.00 bits per heavy atom. The van der Waals surface area contributed by atoms with E-state index in [9.17, 15) is 9.90 Å². The van der Waals surface area contributed by atoms with Crippen molar-refractivity contribution in [1.82, 2.24) is 5.32 Å². The second-order valence-electron chi connectivity index (χ2n) is 4.10. The fourth-order valence-electron chi connectivity index (χ4n) is 1.47. The van der Waals surface area contributed by atoms with Crippen LogP contribution in [0.25, 0.3) is 0 Å². The van der Waals surface area contributed by atoms with Gasteiger partial charge in [0.2, 0.25) is 5.91 Å². The lowest BCUT2D eigenvalue weighted by Crippen LogP contribution is -2.41. The van der Waals surface area contributed by atoms with Crippen LogP contribution in [0.15, 0.2) is 24.3 Å². The molecule has 0 aromatic heterocycles. The van der Waals surface area contributed by atoms with Gasteiger partial charge in [-0.1, -0.05) is 12.1 Å². The maximum atomic E-state index is 10.6. The average Bonchev–Trinajstić information content (AvgIpc) is 2.29. The van der Waals surface area contributed by atoms with Crippen LogP contribution in [0.3, 0.4) is 0 Å². The van der Waals surface area contributed by atoms with E-state index in [-0.39, 0.29) is 18.3 Å². The molecule has 94 valence electrons. The molecule has 5 nitrogen and oxygen atoms in total. The molecule has 0 aliphatic rings. The molecule has 0 fully saturated rings. The van der Waals surface area contributed by atoms with Crippen molar-refractivity contribution in [3.63, 3.8) is 0 Å². The Balaban J connectivity index is 2.36. The van der Waals surface area contributed by atoms with Crippen LogP contribution in [0.2, 0.25) is 0 Å². The maximum absolute atomic E-state index is 10.6. The molecule has 1 aromatic carbocycles. The summed E-state index contributed by atoms with van der Waals surface area (Å²) in [7, 11) is 0. The minimum absolute atomic E-state index is 0.105. The number of aliphatic hydroxyl groups excluding tert-OH is 1. The van der Waals surface area contributed by atoms with Crippen molar-refractivity contribution >= 4 is 5.91 Å². The topological polar surface area (TPSA) is 95.6 Å². The van der Waals surface area contributed by atoms with Gasteiger partial charge in [-0.25, -0.2) is 0 Å². The molecule has 2 atom stereocenters. The summed E-state index contributed by atoms with van der Waals surface area (Å²) in [5.41, 5.74) is 6.00. The molecule has 5 heteroatoms. The monoisotopic (exact) mass is 238 g/mol. The van der Waals surface area contributed by atoms with Gasteiger partial charge in [0.25, 0.3) is 0 Å². The van der Waals surface area contributed by atoms with Crippen molar-refractivity contribution in [2.75, 3.05) is 6.54 Å². The molecule has 0 spiro atoms. The van der Waals surface area contributed by atoms with Gasteiger partial charge in [-0.05, 0) is 31.0 Å². The largest absolute Gasteiger partial charge is 0.508 e. The van der Waals surface area contributed by atoms with Crippen LogP contribution in [0.1, 0.15) is 12.5 Å². The third-order valence-corrected chi connectivity index (χ3v) is 2.47. The number of phenols is 1. The number of carbonyl (C=O) groups excluding carboxylic acids is 1. The zero-order valence-corrected chi connectivity index (χ0v) is 9.76. The van der Waals surface area contributed by atoms with Crippen molar-refractivity contribution in [1.29, 1.82) is 0 Å². The first-order valence-corrected chi connectivity index (χ1v) is 5.47. The summed E-state index contributed by atoms with van der Waals surface area (Å²) in [6.45, 7) is 2.09. The lowest BCUT2D eigenvalue weighted by molar-refractivity contribution is -0.125. The second kappa shape index (κ2) is 6.22. The highest BCUT2D eigenvalue weighted by atomic mass is 16.3. The Labute approximate surface area is 100 Å². The molecule has 1 rings (SSSR count). The first-order chi connectivity index (χ1) is 7.99. The van der Waals surface area contributed by atoms with E-state index in [0.717, 1.165) is 12.0 Å². The predicted molar refractivity (Wildman–Crippen MR) is 64.5 cm³/mol. The molecule has 5 N–H and O–H groups in total. The quantitative estimate of drug-likeness (QED) is 0.550. The number of benzene rings is 1. The van der Waals surface area contributed by atoms with Gasteiger partial charge in [-0.15, -0.1) is 0 Å². The molecular formula is C12H18N2O3. The van der Waals surface area contributed by atoms with Gasteiger partial charge >= 0.3 is 0 Å². The second-order valence-corrected chi connectivity index (χ2v) is 4.10. The first-order valence-electron chi connectivity index (χ1n) is 5.47. The number of carbonyl (C=O) groups is 1. The van der Waals surface area contributed by atoms with Crippen LogP contribution in [-0.2, 0) is 11.2 Å². The predicted octanol–water partition coefficient (Wildman–Crippen LogP) is -0.241. The summed E-state index contributed by atoms with van der Waals surface area (Å²) < 4.78 is 0. The van der Waals surface area contributed by atoms with E-state index in [2.05, 4.69) is 5.32 Å². The van der Waals surface area contributed by atoms with Gasteiger partial charge in [-0.3, -0.25) is 4.79 Å². The highest BCUT2D eigenvalue weighted by molar-refractivity contribution is 5.78. The number of primary amides is 1. The van der Waals surface area contributed by atoms with Gasteiger partial charge in [0, 0.05) is 12.6 Å². The SMILES string of the molecule is CC(Cc1ccc(O)cc1)NCC(O)C(N)=O. The van der Waals surface area contributed by atoms with Crippen LogP contribution >= 0.6 is 0 Å². The van der Waals surface area contributed by atoms with Gasteiger partial charge in [-0.2, -0.15) is 0 Å². The summed E-state index contributed by atoms with van der Waals surface area (Å²) in [6, 6.07) is 7.02. The third kappa shape index (κ3) is 4.84. The Morgan fingerprint density at radius 1 is 1.41 bits per heavy atom. The highest BCUT2D eigenvalue weighted by Gasteiger charge is 2.12. The summed E-state index contributed by atoms with van der Waals surface area (Å²) >= 11 is 0. The standard InChI is InChI=1S/C12H18N2O3/c1-8(14-7-11(16)12(13)17)6-9-2-4-10(15)5-3-9/h2-5,8,11,14-16H,6-7H2,1H3,(H2,13,17). The van der Waals surface area contributed by atoms with Crippen LogP contribution in [-0.4, -0.2) is 34.8 Å². The summed E-state index contributed by atoms with van der Waals surface area (Å²) in [4.78, 5) is 10.6. The third-order valence-electron chi connectivity index (χ3n) is 2.47. The van der Waals surface area contributed by atoms with Crippen LogP contribution in [0.5, 0.6) is 5.75 Å². The molecule has 0 bridgehead atoms. The van der Waals surface area contributed by atoms with Crippen LogP contribution in [0.4, 0.5) is 0 Å². The van der Waals surface area contributed by atoms with Crippen LogP contribution in [0, 0.1) is 0 Å². The smallest absolute Gasteiger partial charge is 0.247 e. The molecule has 1 amide bonds. The van der Waals surface area contributed by atoms with Gasteiger partial charge in [0.15, 0.2) is 0 Å². The van der Waals surface area contributed by atoms with Crippen molar-refractivity contribution < 1.29 is 15.0 Å². The summed E-state index contributed by atoms with van der Waals surface area (Å²) in [6.07, 6.45) is -0.413. The van der Waals surface area contributed by atoms with Gasteiger partial charge < -0.3 is 21.3 Å². The van der Waals surface area contributed by atoms with E-state index in [0.29, 0.717) is 0 Å². The van der Waals surface area contributed by atoms with E-state index in [1.54, 1.807) is 12.1 Å². The lowest BCUT2D eigenvalue weighted by Gasteiger charge is -2.15. The zero-order chi connectivity index (χ0) is 12.8. The molecule has 0 heterocycles. The number of amides is 1. The molecular weight excluding hydrogens is 220 g/mol. The minimum atomic E-state index is -1.16. The summed E-state index contributed by atoms with van der Waals surface area (Å²) in [5, 5.41) is 21.3. The van der Waals surface area contributed by atoms with E-state index in [4.69, 9.17) is 10.8 Å². The molecule has 0 radical (unpaired) electrons. The number of aliphatic hydroxyl groups is 1. The Kier molecular flexibility index (Phi) is 4.93. The number of phenolic OH excluding ortho intramolecular Hbond substituents is 1. The van der Waals surface area contributed by atoms with E-state index in [1.807, 2.05) is 19.1 Å². The zero-order valence-electron chi connectivity index (χ0n) is 9.76. The molecule has 0 saturated heterocycles. The van der Waals surface area contributed by atoms with Crippen LogP contribution < -0.4 is 11.1 Å². The van der Waals surface area contributed by atoms with E-state index >= 15 is 0 Å². The fourth-order valence-corrected chi connectivity index (χ4v) is 1.47. The molecule has 2 unspecified atom stereocenters. The molecule has 1 aromatic rings. The first kappa shape index (κ1) is 13.5. The Bertz CT molecular complexity index is 365. The van der Waals surface area contributed by atoms with Gasteiger partial charge in [0.05, 0.1) is 0 Å². The van der Waals surface area contributed by atoms with Crippen molar-refractivity contribution in [3.05, 3.63) is 29.8 Å². The normalized spacial score (nSPS) is 14.2. The van der Waals surface area contributed by atoms with Crippen molar-refractivity contribution in [2.24, 2.45) is 5.73 Å². The van der Waals surface area contributed by atoms with E-state index in [1.165, 1.54) is 0 Å². The van der Waals surface area contributed by atoms with Crippen molar-refractivity contribution in [3.8, 4) is 5.75 Å². The maximum Gasteiger partial charge on any atom is 0.247 e. The Hall–Kier alpha value is -1.59. The molecule has 0 aliphatic heterocycles. The highest BCUT2D eigenvalue weighted by Crippen LogP contribution is 2.11.